The Morgan fingerprint density at radius 3 is 2.67 bits per heavy atom. The molecule has 24 heavy (non-hydrogen) atoms. The van der Waals surface area contributed by atoms with Crippen LogP contribution in [-0.4, -0.2) is 28.7 Å². The summed E-state index contributed by atoms with van der Waals surface area (Å²) in [5, 5.41) is 7.06. The van der Waals surface area contributed by atoms with Crippen molar-refractivity contribution in [1.29, 1.82) is 0 Å². The predicted molar refractivity (Wildman–Crippen MR) is 96.3 cm³/mol. The smallest absolute Gasteiger partial charge is 0.256 e. The summed E-state index contributed by atoms with van der Waals surface area (Å²) >= 11 is 0. The van der Waals surface area contributed by atoms with Crippen LogP contribution in [0.5, 0.6) is 0 Å². The van der Waals surface area contributed by atoms with E-state index in [0.717, 1.165) is 36.5 Å². The molecule has 1 fully saturated rings. The fourth-order valence-corrected chi connectivity index (χ4v) is 3.24. The maximum absolute atomic E-state index is 12.7. The monoisotopic (exact) mass is 326 g/mol. The Hall–Kier alpha value is -1.98. The van der Waals surface area contributed by atoms with E-state index in [1.807, 2.05) is 39.1 Å². The number of hydrogen-bond donors (Lipinski definition) is 2. The van der Waals surface area contributed by atoms with Crippen molar-refractivity contribution in [2.75, 3.05) is 13.1 Å². The second-order valence-corrected chi connectivity index (χ2v) is 6.79. The van der Waals surface area contributed by atoms with Crippen LogP contribution in [0, 0.1) is 0 Å². The quantitative estimate of drug-likeness (QED) is 0.882. The molecule has 5 heteroatoms. The van der Waals surface area contributed by atoms with Crippen molar-refractivity contribution in [3.63, 3.8) is 0 Å². The minimum absolute atomic E-state index is 0.0438. The van der Waals surface area contributed by atoms with Gasteiger partial charge in [-0.2, -0.15) is 0 Å². The standard InChI is InChI=1S/C19H26N4O/c1-13(2)16-12-21-18(23(3)19(16)24)17(14-7-5-4-6-8-14)22-15-9-10-20-11-15/h4-8,12-13,15,17,20,22H,9-11H2,1-3H3/t15?,17-/m0/s1. The van der Waals surface area contributed by atoms with Crippen molar-refractivity contribution in [3.8, 4) is 0 Å². The van der Waals surface area contributed by atoms with Crippen LogP contribution in [0.1, 0.15) is 49.2 Å². The molecule has 1 aromatic heterocycles. The molecule has 1 aliphatic rings. The van der Waals surface area contributed by atoms with Gasteiger partial charge in [0.2, 0.25) is 0 Å². The second kappa shape index (κ2) is 7.28. The van der Waals surface area contributed by atoms with E-state index in [2.05, 4.69) is 27.8 Å². The minimum Gasteiger partial charge on any atom is -0.315 e. The van der Waals surface area contributed by atoms with Crippen LogP contribution in [0.15, 0.2) is 41.3 Å². The highest BCUT2D eigenvalue weighted by Gasteiger charge is 2.25. The predicted octanol–water partition coefficient (Wildman–Crippen LogP) is 1.94. The topological polar surface area (TPSA) is 59.0 Å². The molecule has 2 atom stereocenters. The van der Waals surface area contributed by atoms with Crippen molar-refractivity contribution < 1.29 is 0 Å². The number of hydrogen-bond acceptors (Lipinski definition) is 4. The van der Waals surface area contributed by atoms with Gasteiger partial charge in [0.15, 0.2) is 0 Å². The third-order valence-corrected chi connectivity index (χ3v) is 4.71. The Morgan fingerprint density at radius 2 is 2.04 bits per heavy atom. The fourth-order valence-electron chi connectivity index (χ4n) is 3.24. The van der Waals surface area contributed by atoms with Gasteiger partial charge in [0.25, 0.3) is 5.56 Å². The molecular formula is C19H26N4O. The lowest BCUT2D eigenvalue weighted by atomic mass is 10.0. The highest BCUT2D eigenvalue weighted by Crippen LogP contribution is 2.21. The molecule has 0 bridgehead atoms. The molecule has 1 saturated heterocycles. The van der Waals surface area contributed by atoms with Crippen LogP contribution in [0.4, 0.5) is 0 Å². The SMILES string of the molecule is CC(C)c1cnc([C@@H](NC2CCNC2)c2ccccc2)n(C)c1=O. The number of aromatic nitrogens is 2. The number of benzene rings is 1. The first kappa shape index (κ1) is 16.9. The molecule has 128 valence electrons. The van der Waals surface area contributed by atoms with Gasteiger partial charge in [-0.05, 0) is 24.4 Å². The van der Waals surface area contributed by atoms with Gasteiger partial charge < -0.3 is 5.32 Å². The molecule has 0 aliphatic carbocycles. The van der Waals surface area contributed by atoms with Gasteiger partial charge in [-0.25, -0.2) is 4.98 Å². The van der Waals surface area contributed by atoms with Crippen molar-refractivity contribution in [2.45, 2.75) is 38.3 Å². The molecule has 1 unspecified atom stereocenters. The number of rotatable bonds is 5. The summed E-state index contributed by atoms with van der Waals surface area (Å²) in [7, 11) is 1.82. The molecule has 1 aromatic carbocycles. The van der Waals surface area contributed by atoms with Crippen molar-refractivity contribution >= 4 is 0 Å². The van der Waals surface area contributed by atoms with E-state index in [1.54, 1.807) is 10.8 Å². The number of nitrogens with zero attached hydrogens (tertiary/aromatic N) is 2. The Labute approximate surface area is 143 Å². The summed E-state index contributed by atoms with van der Waals surface area (Å²) in [6, 6.07) is 10.5. The second-order valence-electron chi connectivity index (χ2n) is 6.79. The first-order chi connectivity index (χ1) is 11.6. The third kappa shape index (κ3) is 3.42. The highest BCUT2D eigenvalue weighted by molar-refractivity contribution is 5.26. The maximum atomic E-state index is 12.7. The average molecular weight is 326 g/mol. The molecule has 3 rings (SSSR count). The van der Waals surface area contributed by atoms with E-state index in [0.29, 0.717) is 6.04 Å². The molecule has 0 amide bonds. The molecule has 0 spiro atoms. The summed E-state index contributed by atoms with van der Waals surface area (Å²) in [4.78, 5) is 17.3. The van der Waals surface area contributed by atoms with E-state index in [9.17, 15) is 4.79 Å². The lowest BCUT2D eigenvalue weighted by Crippen LogP contribution is -2.39. The molecule has 0 radical (unpaired) electrons. The zero-order chi connectivity index (χ0) is 17.1. The molecule has 1 aliphatic heterocycles. The van der Waals surface area contributed by atoms with Crippen LogP contribution in [-0.2, 0) is 7.05 Å². The van der Waals surface area contributed by atoms with E-state index in [4.69, 9.17) is 0 Å². The first-order valence-corrected chi connectivity index (χ1v) is 8.65. The lowest BCUT2D eigenvalue weighted by Gasteiger charge is -2.24. The van der Waals surface area contributed by atoms with E-state index in [-0.39, 0.29) is 17.5 Å². The Morgan fingerprint density at radius 1 is 1.29 bits per heavy atom. The Kier molecular flexibility index (Phi) is 5.11. The summed E-state index contributed by atoms with van der Waals surface area (Å²) in [6.07, 6.45) is 2.83. The van der Waals surface area contributed by atoms with Gasteiger partial charge in [0, 0.05) is 31.4 Å². The lowest BCUT2D eigenvalue weighted by molar-refractivity contribution is 0.466. The van der Waals surface area contributed by atoms with Gasteiger partial charge in [-0.15, -0.1) is 0 Å². The van der Waals surface area contributed by atoms with Crippen LogP contribution in [0.25, 0.3) is 0 Å². The van der Waals surface area contributed by atoms with Crippen LogP contribution in [0.3, 0.4) is 0 Å². The maximum Gasteiger partial charge on any atom is 0.256 e. The van der Waals surface area contributed by atoms with E-state index in [1.165, 1.54) is 0 Å². The van der Waals surface area contributed by atoms with Crippen molar-refractivity contribution in [1.82, 2.24) is 20.2 Å². The van der Waals surface area contributed by atoms with Gasteiger partial charge in [-0.1, -0.05) is 44.2 Å². The van der Waals surface area contributed by atoms with Gasteiger partial charge >= 0.3 is 0 Å². The largest absolute Gasteiger partial charge is 0.315 e. The summed E-state index contributed by atoms with van der Waals surface area (Å²) in [5.74, 6) is 0.940. The molecule has 2 aromatic rings. The zero-order valence-electron chi connectivity index (χ0n) is 14.6. The molecule has 5 nitrogen and oxygen atoms in total. The molecule has 2 heterocycles. The Bertz CT molecular complexity index is 733. The summed E-state index contributed by atoms with van der Waals surface area (Å²) in [6.45, 7) is 6.02. The number of nitrogens with one attached hydrogen (secondary N) is 2. The summed E-state index contributed by atoms with van der Waals surface area (Å²) in [5.41, 5.74) is 1.93. The molecule has 0 saturated carbocycles. The van der Waals surface area contributed by atoms with E-state index < -0.39 is 0 Å². The highest BCUT2D eigenvalue weighted by atomic mass is 16.1. The zero-order valence-corrected chi connectivity index (χ0v) is 14.6. The summed E-state index contributed by atoms with van der Waals surface area (Å²) < 4.78 is 1.70. The molecule has 2 N–H and O–H groups in total. The van der Waals surface area contributed by atoms with Crippen molar-refractivity contribution in [2.24, 2.45) is 7.05 Å². The third-order valence-electron chi connectivity index (χ3n) is 4.71. The van der Waals surface area contributed by atoms with Crippen molar-refractivity contribution in [3.05, 3.63) is 63.8 Å². The van der Waals surface area contributed by atoms with Crippen LogP contribution in [0.2, 0.25) is 0 Å². The fraction of sp³-hybridized carbons (Fsp3) is 0.474. The van der Waals surface area contributed by atoms with Gasteiger partial charge in [0.1, 0.15) is 5.82 Å². The molecular weight excluding hydrogens is 300 g/mol. The van der Waals surface area contributed by atoms with Crippen LogP contribution < -0.4 is 16.2 Å². The van der Waals surface area contributed by atoms with Crippen LogP contribution >= 0.6 is 0 Å². The van der Waals surface area contributed by atoms with Gasteiger partial charge in [0.05, 0.1) is 6.04 Å². The van der Waals surface area contributed by atoms with E-state index >= 15 is 0 Å². The average Bonchev–Trinajstić information content (AvgIpc) is 3.09. The normalized spacial score (nSPS) is 18.9. The Balaban J connectivity index is 2.02. The minimum atomic E-state index is -0.0880. The van der Waals surface area contributed by atoms with Gasteiger partial charge in [-0.3, -0.25) is 14.7 Å². The first-order valence-electron chi connectivity index (χ1n) is 8.65.